The number of hydrogen-bond donors (Lipinski definition) is 2. The van der Waals surface area contributed by atoms with E-state index in [0.717, 1.165) is 12.0 Å². The van der Waals surface area contributed by atoms with E-state index in [2.05, 4.69) is 10.6 Å². The van der Waals surface area contributed by atoms with E-state index in [1.165, 1.54) is 0 Å². The maximum Gasteiger partial charge on any atom is 0.262 e. The van der Waals surface area contributed by atoms with Gasteiger partial charge < -0.3 is 15.4 Å². The maximum absolute atomic E-state index is 12.0. The molecule has 2 rings (SSSR count). The van der Waals surface area contributed by atoms with Gasteiger partial charge in [-0.25, -0.2) is 0 Å². The lowest BCUT2D eigenvalue weighted by atomic mass is 10.2. The molecule has 0 unspecified atom stereocenters. The third-order valence-corrected chi connectivity index (χ3v) is 3.40. The molecule has 0 aliphatic rings. The van der Waals surface area contributed by atoms with Gasteiger partial charge in [-0.1, -0.05) is 31.2 Å². The molecule has 5 nitrogen and oxygen atoms in total. The van der Waals surface area contributed by atoms with Crippen molar-refractivity contribution in [2.24, 2.45) is 0 Å². The fourth-order valence-electron chi connectivity index (χ4n) is 2.14. The SMILES string of the molecule is CCCNC(=O)c1cccc(NC(=O)COc2ccccc2C)c1. The Balaban J connectivity index is 1.92. The summed E-state index contributed by atoms with van der Waals surface area (Å²) in [7, 11) is 0. The zero-order valence-corrected chi connectivity index (χ0v) is 14.0. The number of para-hydroxylation sites is 1. The number of benzene rings is 2. The van der Waals surface area contributed by atoms with Gasteiger partial charge in [0.1, 0.15) is 5.75 Å². The van der Waals surface area contributed by atoms with Gasteiger partial charge in [-0.05, 0) is 43.2 Å². The average Bonchev–Trinajstić information content (AvgIpc) is 2.59. The molecule has 0 fully saturated rings. The third-order valence-electron chi connectivity index (χ3n) is 3.40. The largest absolute Gasteiger partial charge is 0.483 e. The molecule has 2 amide bonds. The molecule has 2 N–H and O–H groups in total. The molecule has 2 aromatic rings. The molecule has 2 aromatic carbocycles. The number of ether oxygens (including phenoxy) is 1. The van der Waals surface area contributed by atoms with Gasteiger partial charge in [0, 0.05) is 17.8 Å². The number of amides is 2. The van der Waals surface area contributed by atoms with Crippen LogP contribution < -0.4 is 15.4 Å². The number of aryl methyl sites for hydroxylation is 1. The zero-order valence-electron chi connectivity index (χ0n) is 14.0. The van der Waals surface area contributed by atoms with Crippen LogP contribution in [0.25, 0.3) is 0 Å². The van der Waals surface area contributed by atoms with Gasteiger partial charge in [0.15, 0.2) is 6.61 Å². The second-order valence-corrected chi connectivity index (χ2v) is 5.44. The number of nitrogens with one attached hydrogen (secondary N) is 2. The van der Waals surface area contributed by atoms with Crippen LogP contribution in [0, 0.1) is 6.92 Å². The summed E-state index contributed by atoms with van der Waals surface area (Å²) < 4.78 is 5.51. The summed E-state index contributed by atoms with van der Waals surface area (Å²) in [5.74, 6) is 0.258. The van der Waals surface area contributed by atoms with Crippen molar-refractivity contribution in [3.05, 3.63) is 59.7 Å². The fourth-order valence-corrected chi connectivity index (χ4v) is 2.14. The summed E-state index contributed by atoms with van der Waals surface area (Å²) in [6, 6.07) is 14.4. The van der Waals surface area contributed by atoms with Crippen LogP contribution in [0.15, 0.2) is 48.5 Å². The molecule has 0 saturated heterocycles. The van der Waals surface area contributed by atoms with Gasteiger partial charge in [0.2, 0.25) is 0 Å². The standard InChI is InChI=1S/C19H22N2O3/c1-3-11-20-19(23)15-8-6-9-16(12-15)21-18(22)13-24-17-10-5-4-7-14(17)2/h4-10,12H,3,11,13H2,1-2H3,(H,20,23)(H,21,22). The predicted molar refractivity (Wildman–Crippen MR) is 94.4 cm³/mol. The van der Waals surface area contributed by atoms with Crippen molar-refractivity contribution in [2.75, 3.05) is 18.5 Å². The normalized spacial score (nSPS) is 10.1. The van der Waals surface area contributed by atoms with Crippen molar-refractivity contribution in [2.45, 2.75) is 20.3 Å². The van der Waals surface area contributed by atoms with E-state index >= 15 is 0 Å². The smallest absolute Gasteiger partial charge is 0.262 e. The minimum atomic E-state index is -0.274. The first-order valence-electron chi connectivity index (χ1n) is 7.96. The van der Waals surface area contributed by atoms with Crippen LogP contribution in [0.5, 0.6) is 5.75 Å². The summed E-state index contributed by atoms with van der Waals surface area (Å²) in [6.07, 6.45) is 0.873. The molecule has 0 radical (unpaired) electrons. The van der Waals surface area contributed by atoms with Crippen LogP contribution in [0.4, 0.5) is 5.69 Å². The molecule has 0 aliphatic carbocycles. The molecule has 126 valence electrons. The summed E-state index contributed by atoms with van der Waals surface area (Å²) in [5, 5.41) is 5.54. The van der Waals surface area contributed by atoms with Crippen molar-refractivity contribution in [1.82, 2.24) is 5.32 Å². The van der Waals surface area contributed by atoms with Crippen LogP contribution in [-0.2, 0) is 4.79 Å². The Morgan fingerprint density at radius 3 is 2.62 bits per heavy atom. The van der Waals surface area contributed by atoms with Crippen molar-refractivity contribution in [3.63, 3.8) is 0 Å². The molecule has 5 heteroatoms. The molecule has 0 aromatic heterocycles. The van der Waals surface area contributed by atoms with Crippen LogP contribution >= 0.6 is 0 Å². The topological polar surface area (TPSA) is 67.4 Å². The summed E-state index contributed by atoms with van der Waals surface area (Å²) in [6.45, 7) is 4.45. The minimum Gasteiger partial charge on any atom is -0.483 e. The molecule has 0 heterocycles. The summed E-state index contributed by atoms with van der Waals surface area (Å²) in [4.78, 5) is 24.0. The van der Waals surface area contributed by atoms with Crippen molar-refractivity contribution >= 4 is 17.5 Å². The highest BCUT2D eigenvalue weighted by molar-refractivity contribution is 5.97. The molecule has 0 saturated carbocycles. The van der Waals surface area contributed by atoms with E-state index < -0.39 is 0 Å². The van der Waals surface area contributed by atoms with Gasteiger partial charge in [-0.15, -0.1) is 0 Å². The van der Waals surface area contributed by atoms with E-state index in [1.54, 1.807) is 24.3 Å². The monoisotopic (exact) mass is 326 g/mol. The lowest BCUT2D eigenvalue weighted by Gasteiger charge is -2.10. The maximum atomic E-state index is 12.0. The molecular formula is C19H22N2O3. The Kier molecular flexibility index (Phi) is 6.37. The van der Waals surface area contributed by atoms with Crippen LogP contribution in [0.3, 0.4) is 0 Å². The van der Waals surface area contributed by atoms with Gasteiger partial charge in [0.05, 0.1) is 0 Å². The van der Waals surface area contributed by atoms with E-state index in [9.17, 15) is 9.59 Å². The van der Waals surface area contributed by atoms with Gasteiger partial charge in [-0.2, -0.15) is 0 Å². The number of hydrogen-bond acceptors (Lipinski definition) is 3. The predicted octanol–water partition coefficient (Wildman–Crippen LogP) is 3.15. The van der Waals surface area contributed by atoms with Crippen molar-refractivity contribution < 1.29 is 14.3 Å². The molecule has 0 atom stereocenters. The van der Waals surface area contributed by atoms with E-state index in [1.807, 2.05) is 38.1 Å². The average molecular weight is 326 g/mol. The summed E-state index contributed by atoms with van der Waals surface area (Å²) in [5.41, 5.74) is 2.05. The molecular weight excluding hydrogens is 304 g/mol. The highest BCUT2D eigenvalue weighted by Crippen LogP contribution is 2.16. The first-order valence-corrected chi connectivity index (χ1v) is 7.96. The number of rotatable bonds is 7. The Hall–Kier alpha value is -2.82. The quantitative estimate of drug-likeness (QED) is 0.821. The molecule has 0 aliphatic heterocycles. The van der Waals surface area contributed by atoms with Crippen LogP contribution in [0.2, 0.25) is 0 Å². The second kappa shape index (κ2) is 8.72. The van der Waals surface area contributed by atoms with Gasteiger partial charge in [-0.3, -0.25) is 9.59 Å². The van der Waals surface area contributed by atoms with Crippen molar-refractivity contribution in [1.29, 1.82) is 0 Å². The molecule has 24 heavy (non-hydrogen) atoms. The van der Waals surface area contributed by atoms with E-state index in [0.29, 0.717) is 23.5 Å². The van der Waals surface area contributed by atoms with Crippen molar-refractivity contribution in [3.8, 4) is 5.75 Å². The van der Waals surface area contributed by atoms with Gasteiger partial charge >= 0.3 is 0 Å². The van der Waals surface area contributed by atoms with Crippen LogP contribution in [-0.4, -0.2) is 25.0 Å². The Bertz CT molecular complexity index is 713. The first kappa shape index (κ1) is 17.5. The van der Waals surface area contributed by atoms with E-state index in [4.69, 9.17) is 4.74 Å². The number of carbonyl (C=O) groups excluding carboxylic acids is 2. The Labute approximate surface area is 142 Å². The lowest BCUT2D eigenvalue weighted by molar-refractivity contribution is -0.118. The zero-order chi connectivity index (χ0) is 17.4. The van der Waals surface area contributed by atoms with Crippen LogP contribution in [0.1, 0.15) is 29.3 Å². The summed E-state index contributed by atoms with van der Waals surface area (Å²) >= 11 is 0. The fraction of sp³-hybridized carbons (Fsp3) is 0.263. The minimum absolute atomic E-state index is 0.0862. The number of anilines is 1. The Morgan fingerprint density at radius 2 is 1.88 bits per heavy atom. The second-order valence-electron chi connectivity index (χ2n) is 5.44. The molecule has 0 spiro atoms. The van der Waals surface area contributed by atoms with E-state index in [-0.39, 0.29) is 18.4 Å². The number of carbonyl (C=O) groups is 2. The lowest BCUT2D eigenvalue weighted by Crippen LogP contribution is -2.24. The highest BCUT2D eigenvalue weighted by atomic mass is 16.5. The van der Waals surface area contributed by atoms with Gasteiger partial charge in [0.25, 0.3) is 11.8 Å². The molecule has 0 bridgehead atoms. The third kappa shape index (κ3) is 5.12. The Morgan fingerprint density at radius 1 is 1.08 bits per heavy atom. The first-order chi connectivity index (χ1) is 11.6. The highest BCUT2D eigenvalue weighted by Gasteiger charge is 2.08.